The minimum Gasteiger partial charge on any atom is -0.493 e. The highest BCUT2D eigenvalue weighted by molar-refractivity contribution is 14.0. The molecule has 0 bridgehead atoms. The fraction of sp³-hybridized carbons (Fsp3) is 0.333. The first-order chi connectivity index (χ1) is 15.6. The third-order valence-corrected chi connectivity index (χ3v) is 4.78. The molecule has 0 amide bonds. The minimum atomic E-state index is 0. The molecule has 33 heavy (non-hydrogen) atoms. The van der Waals surface area contributed by atoms with Crippen LogP contribution in [0.4, 0.5) is 0 Å². The summed E-state index contributed by atoms with van der Waals surface area (Å²) in [6, 6.07) is 11.9. The van der Waals surface area contributed by atoms with Crippen molar-refractivity contribution in [3.8, 4) is 28.7 Å². The number of aliphatic imine (C=N–C) groups is 1. The lowest BCUT2D eigenvalue weighted by Gasteiger charge is -2.14. The maximum Gasteiger partial charge on any atom is 0.226 e. The van der Waals surface area contributed by atoms with E-state index >= 15 is 0 Å². The van der Waals surface area contributed by atoms with Crippen LogP contribution >= 0.6 is 24.0 Å². The molecule has 3 aromatic rings. The first-order valence-corrected chi connectivity index (χ1v) is 10.4. The first kappa shape index (κ1) is 26.3. The van der Waals surface area contributed by atoms with Crippen LogP contribution in [-0.4, -0.2) is 38.8 Å². The van der Waals surface area contributed by atoms with Gasteiger partial charge in [-0.15, -0.1) is 24.0 Å². The lowest BCUT2D eigenvalue weighted by molar-refractivity contribution is 0.324. The van der Waals surface area contributed by atoms with E-state index in [1.807, 2.05) is 50.2 Å². The molecule has 0 aliphatic carbocycles. The quantitative estimate of drug-likeness (QED) is 0.223. The third-order valence-electron chi connectivity index (χ3n) is 4.78. The van der Waals surface area contributed by atoms with Gasteiger partial charge < -0.3 is 29.3 Å². The Morgan fingerprint density at radius 1 is 1.00 bits per heavy atom. The largest absolute Gasteiger partial charge is 0.493 e. The van der Waals surface area contributed by atoms with Crippen LogP contribution in [0.3, 0.4) is 0 Å². The van der Waals surface area contributed by atoms with Crippen LogP contribution in [0.5, 0.6) is 17.2 Å². The number of rotatable bonds is 9. The van der Waals surface area contributed by atoms with Gasteiger partial charge in [-0.3, -0.25) is 0 Å². The Kier molecular flexibility index (Phi) is 10.3. The summed E-state index contributed by atoms with van der Waals surface area (Å²) < 4.78 is 21.9. The van der Waals surface area contributed by atoms with E-state index in [0.29, 0.717) is 42.2 Å². The zero-order valence-corrected chi connectivity index (χ0v) is 21.9. The van der Waals surface area contributed by atoms with Gasteiger partial charge in [0.05, 0.1) is 40.1 Å². The molecular formula is C24H31IN4O4. The van der Waals surface area contributed by atoms with Crippen LogP contribution in [-0.2, 0) is 13.1 Å². The molecule has 9 heteroatoms. The normalized spacial score (nSPS) is 10.9. The number of hydrogen-bond donors (Lipinski definition) is 2. The van der Waals surface area contributed by atoms with Crippen LogP contribution in [0.25, 0.3) is 11.5 Å². The van der Waals surface area contributed by atoms with Crippen molar-refractivity contribution in [2.75, 3.05) is 27.9 Å². The molecule has 0 spiro atoms. The molecule has 2 aromatic carbocycles. The van der Waals surface area contributed by atoms with Crippen molar-refractivity contribution in [1.82, 2.24) is 15.6 Å². The van der Waals surface area contributed by atoms with Crippen LogP contribution in [0.1, 0.15) is 23.7 Å². The Bertz CT molecular complexity index is 1030. The number of nitrogens with zero attached hydrogens (tertiary/aromatic N) is 2. The van der Waals surface area contributed by atoms with E-state index in [4.69, 9.17) is 18.6 Å². The lowest BCUT2D eigenvalue weighted by atomic mass is 10.1. The molecule has 0 saturated carbocycles. The van der Waals surface area contributed by atoms with E-state index in [0.717, 1.165) is 23.4 Å². The molecule has 0 aliphatic heterocycles. The first-order valence-electron chi connectivity index (χ1n) is 10.4. The van der Waals surface area contributed by atoms with Gasteiger partial charge in [-0.2, -0.15) is 0 Å². The number of methoxy groups -OCH3 is 3. The van der Waals surface area contributed by atoms with Crippen LogP contribution < -0.4 is 24.8 Å². The third kappa shape index (κ3) is 7.01. The summed E-state index contributed by atoms with van der Waals surface area (Å²) in [5.41, 5.74) is 3.87. The maximum atomic E-state index is 5.63. The molecule has 0 saturated heterocycles. The summed E-state index contributed by atoms with van der Waals surface area (Å²) in [4.78, 5) is 9.23. The van der Waals surface area contributed by atoms with Gasteiger partial charge in [0.25, 0.3) is 0 Å². The van der Waals surface area contributed by atoms with Crippen LogP contribution in [0.15, 0.2) is 52.1 Å². The summed E-state index contributed by atoms with van der Waals surface area (Å²) in [6.07, 6.45) is 1.66. The number of benzene rings is 2. The van der Waals surface area contributed by atoms with Gasteiger partial charge in [-0.1, -0.05) is 17.7 Å². The smallest absolute Gasteiger partial charge is 0.226 e. The Morgan fingerprint density at radius 3 is 2.24 bits per heavy atom. The summed E-state index contributed by atoms with van der Waals surface area (Å²) in [7, 11) is 4.77. The second kappa shape index (κ2) is 12.9. The number of hydrogen-bond acceptors (Lipinski definition) is 6. The van der Waals surface area contributed by atoms with Crippen LogP contribution in [0, 0.1) is 6.92 Å². The number of aryl methyl sites for hydroxylation is 1. The van der Waals surface area contributed by atoms with E-state index in [9.17, 15) is 0 Å². The summed E-state index contributed by atoms with van der Waals surface area (Å²) in [6.45, 7) is 5.71. The van der Waals surface area contributed by atoms with Crippen molar-refractivity contribution in [3.63, 3.8) is 0 Å². The van der Waals surface area contributed by atoms with E-state index in [1.165, 1.54) is 5.56 Å². The zero-order valence-electron chi connectivity index (χ0n) is 19.6. The highest BCUT2D eigenvalue weighted by Crippen LogP contribution is 2.38. The lowest BCUT2D eigenvalue weighted by Crippen LogP contribution is -2.36. The van der Waals surface area contributed by atoms with Gasteiger partial charge >= 0.3 is 0 Å². The van der Waals surface area contributed by atoms with Crippen LogP contribution in [0.2, 0.25) is 0 Å². The van der Waals surface area contributed by atoms with Crippen molar-refractivity contribution in [1.29, 1.82) is 0 Å². The van der Waals surface area contributed by atoms with E-state index in [2.05, 4.69) is 20.6 Å². The van der Waals surface area contributed by atoms with E-state index in [-0.39, 0.29) is 24.0 Å². The van der Waals surface area contributed by atoms with E-state index in [1.54, 1.807) is 27.6 Å². The average Bonchev–Trinajstić information content (AvgIpc) is 3.29. The summed E-state index contributed by atoms with van der Waals surface area (Å²) in [5.74, 6) is 3.02. The number of halogens is 1. The van der Waals surface area contributed by atoms with Gasteiger partial charge in [-0.05, 0) is 43.7 Å². The van der Waals surface area contributed by atoms with Gasteiger partial charge in [0.15, 0.2) is 17.5 Å². The summed E-state index contributed by atoms with van der Waals surface area (Å²) in [5, 5.41) is 6.53. The topological polar surface area (TPSA) is 90.1 Å². The molecule has 2 N–H and O–H groups in total. The number of guanidine groups is 1. The molecule has 1 heterocycles. The molecule has 0 unspecified atom stereocenters. The molecule has 0 aliphatic rings. The number of aromatic nitrogens is 1. The van der Waals surface area contributed by atoms with E-state index < -0.39 is 0 Å². The Balaban J connectivity index is 0.00000385. The monoisotopic (exact) mass is 566 g/mol. The molecular weight excluding hydrogens is 535 g/mol. The second-order valence-electron chi connectivity index (χ2n) is 7.09. The average molecular weight is 566 g/mol. The molecule has 8 nitrogen and oxygen atoms in total. The van der Waals surface area contributed by atoms with Crippen molar-refractivity contribution in [3.05, 3.63) is 59.5 Å². The standard InChI is InChI=1S/C24H30N4O4.HI/c1-6-25-24(26-13-17-11-20(29-3)22(31-5)21(12-17)30-4)27-14-19-15-32-23(28-19)18-9-7-16(2)8-10-18;/h7-12,15H,6,13-14H2,1-5H3,(H2,25,26,27);1H. The van der Waals surface area contributed by atoms with Crippen molar-refractivity contribution >= 4 is 29.9 Å². The predicted octanol–water partition coefficient (Wildman–Crippen LogP) is 4.55. The highest BCUT2D eigenvalue weighted by atomic mass is 127. The number of ether oxygens (including phenoxy) is 3. The fourth-order valence-corrected chi connectivity index (χ4v) is 3.13. The number of oxazole rings is 1. The van der Waals surface area contributed by atoms with Crippen molar-refractivity contribution in [2.24, 2.45) is 4.99 Å². The maximum absolute atomic E-state index is 5.63. The fourth-order valence-electron chi connectivity index (χ4n) is 3.13. The molecule has 0 radical (unpaired) electrons. The van der Waals surface area contributed by atoms with Crippen molar-refractivity contribution < 1.29 is 18.6 Å². The van der Waals surface area contributed by atoms with Gasteiger partial charge in [0.1, 0.15) is 6.26 Å². The minimum absolute atomic E-state index is 0. The summed E-state index contributed by atoms with van der Waals surface area (Å²) >= 11 is 0. The molecule has 178 valence electrons. The number of nitrogens with one attached hydrogen (secondary N) is 2. The molecule has 1 aromatic heterocycles. The highest BCUT2D eigenvalue weighted by Gasteiger charge is 2.13. The Labute approximate surface area is 211 Å². The predicted molar refractivity (Wildman–Crippen MR) is 140 cm³/mol. The van der Waals surface area contributed by atoms with Gasteiger partial charge in [0.2, 0.25) is 11.6 Å². The van der Waals surface area contributed by atoms with Gasteiger partial charge in [0, 0.05) is 12.1 Å². The van der Waals surface area contributed by atoms with Gasteiger partial charge in [-0.25, -0.2) is 9.98 Å². The van der Waals surface area contributed by atoms with Crippen molar-refractivity contribution in [2.45, 2.75) is 26.9 Å². The SMILES string of the molecule is CCNC(=NCc1cc(OC)c(OC)c(OC)c1)NCc1coc(-c2ccc(C)cc2)n1.I. The molecule has 3 rings (SSSR count). The Hall–Kier alpha value is -2.95. The molecule has 0 atom stereocenters. The Morgan fingerprint density at radius 2 is 1.67 bits per heavy atom. The zero-order chi connectivity index (χ0) is 22.9. The second-order valence-corrected chi connectivity index (χ2v) is 7.09. The molecule has 0 fully saturated rings.